The van der Waals surface area contributed by atoms with Crippen LogP contribution in [0.3, 0.4) is 0 Å². The number of nitrogens with zero attached hydrogens (tertiary/aromatic N) is 4. The van der Waals surface area contributed by atoms with Crippen LogP contribution in [0.4, 0.5) is 24.5 Å². The molecule has 202 valence electrons. The molecule has 2 fully saturated rings. The largest absolute Gasteiger partial charge is 0.433 e. The van der Waals surface area contributed by atoms with Crippen molar-refractivity contribution in [3.8, 4) is 0 Å². The van der Waals surface area contributed by atoms with E-state index in [0.29, 0.717) is 22.2 Å². The van der Waals surface area contributed by atoms with Gasteiger partial charge in [0.2, 0.25) is 0 Å². The Labute approximate surface area is 221 Å². The number of nitrogens with one attached hydrogen (secondary N) is 1. The van der Waals surface area contributed by atoms with Crippen LogP contribution in [0.2, 0.25) is 0 Å². The number of para-hydroxylation sites is 1. The van der Waals surface area contributed by atoms with Gasteiger partial charge >= 0.3 is 6.18 Å². The molecule has 2 heterocycles. The molecule has 2 aromatic carbocycles. The fourth-order valence-electron chi connectivity index (χ4n) is 5.56. The van der Waals surface area contributed by atoms with Gasteiger partial charge in [-0.05, 0) is 69.1 Å². The number of aromatic nitrogens is 1. The molecule has 5 rings (SSSR count). The topological polar surface area (TPSA) is 51.7 Å². The Morgan fingerprint density at radius 2 is 1.63 bits per heavy atom. The Hall–Kier alpha value is -3.33. The van der Waals surface area contributed by atoms with E-state index in [0.717, 1.165) is 63.6 Å². The van der Waals surface area contributed by atoms with Gasteiger partial charge < -0.3 is 20.0 Å². The van der Waals surface area contributed by atoms with Gasteiger partial charge in [-0.1, -0.05) is 18.2 Å². The molecule has 9 heteroatoms. The number of piperazine rings is 1. The second-order valence-corrected chi connectivity index (χ2v) is 10.5. The predicted octanol–water partition coefficient (Wildman–Crippen LogP) is 5.18. The molecule has 1 aromatic heterocycles. The molecule has 1 N–H and O–H groups in total. The maximum absolute atomic E-state index is 13.5. The molecule has 2 aliphatic rings. The van der Waals surface area contributed by atoms with Crippen molar-refractivity contribution < 1.29 is 18.0 Å². The van der Waals surface area contributed by atoms with Crippen LogP contribution in [0.5, 0.6) is 0 Å². The van der Waals surface area contributed by atoms with Gasteiger partial charge in [0, 0.05) is 67.6 Å². The molecule has 3 aromatic rings. The van der Waals surface area contributed by atoms with Crippen LogP contribution in [0.25, 0.3) is 10.9 Å². The van der Waals surface area contributed by atoms with E-state index in [9.17, 15) is 18.0 Å². The Morgan fingerprint density at radius 1 is 0.974 bits per heavy atom. The summed E-state index contributed by atoms with van der Waals surface area (Å²) in [6.45, 7) is 4.01. The summed E-state index contributed by atoms with van der Waals surface area (Å²) in [4.78, 5) is 23.3. The monoisotopic (exact) mass is 525 g/mol. The highest BCUT2D eigenvalue weighted by Gasteiger charge is 2.34. The molecule has 0 unspecified atom stereocenters. The molecule has 1 saturated carbocycles. The third-order valence-electron chi connectivity index (χ3n) is 7.94. The second-order valence-electron chi connectivity index (χ2n) is 10.5. The minimum Gasteiger partial charge on any atom is -0.371 e. The fraction of sp³-hybridized carbons (Fsp3) is 0.448. The number of carbonyl (C=O) groups is 1. The lowest BCUT2D eigenvalue weighted by Crippen LogP contribution is -2.44. The molecule has 1 aliphatic heterocycles. The van der Waals surface area contributed by atoms with E-state index < -0.39 is 11.9 Å². The molecule has 0 radical (unpaired) electrons. The van der Waals surface area contributed by atoms with Crippen LogP contribution >= 0.6 is 0 Å². The zero-order valence-corrected chi connectivity index (χ0v) is 21.8. The van der Waals surface area contributed by atoms with Gasteiger partial charge in [-0.2, -0.15) is 13.2 Å². The van der Waals surface area contributed by atoms with Gasteiger partial charge in [0.15, 0.2) is 0 Å². The first kappa shape index (κ1) is 26.3. The van der Waals surface area contributed by atoms with Gasteiger partial charge in [0.25, 0.3) is 5.91 Å². The van der Waals surface area contributed by atoms with E-state index >= 15 is 0 Å². The zero-order chi connectivity index (χ0) is 26.9. The minimum absolute atomic E-state index is 0.0457. The SMILES string of the molecule is CN1CCN(c2ccc(C(=O)N[C@H]3CC[C@@H](N(C)c4cc(C(F)(F)F)nc5ccccc45)CC3)cc2)CC1. The van der Waals surface area contributed by atoms with Crippen LogP contribution in [-0.2, 0) is 6.18 Å². The van der Waals surface area contributed by atoms with E-state index in [2.05, 4.69) is 27.1 Å². The average molecular weight is 526 g/mol. The summed E-state index contributed by atoms with van der Waals surface area (Å²) in [5, 5.41) is 3.87. The number of rotatable bonds is 5. The van der Waals surface area contributed by atoms with Crippen molar-refractivity contribution in [3.63, 3.8) is 0 Å². The van der Waals surface area contributed by atoms with Crippen LogP contribution in [0.1, 0.15) is 41.7 Å². The summed E-state index contributed by atoms with van der Waals surface area (Å²) in [5.41, 5.74) is 1.78. The van der Waals surface area contributed by atoms with Crippen LogP contribution in [-0.4, -0.2) is 68.1 Å². The van der Waals surface area contributed by atoms with Crippen molar-refractivity contribution in [2.24, 2.45) is 0 Å². The Balaban J connectivity index is 1.20. The second kappa shape index (κ2) is 10.8. The van der Waals surface area contributed by atoms with Crippen molar-refractivity contribution >= 4 is 28.2 Å². The van der Waals surface area contributed by atoms with Gasteiger partial charge in [0.05, 0.1) is 5.52 Å². The molecule has 0 bridgehead atoms. The number of fused-ring (bicyclic) bond motifs is 1. The lowest BCUT2D eigenvalue weighted by Gasteiger charge is -2.37. The number of anilines is 2. The molecule has 1 amide bonds. The number of pyridine rings is 1. The third-order valence-corrected chi connectivity index (χ3v) is 7.94. The molecule has 1 aliphatic carbocycles. The highest BCUT2D eigenvalue weighted by molar-refractivity contribution is 5.95. The molecular formula is C29H34F3N5O. The number of alkyl halides is 3. The van der Waals surface area contributed by atoms with Crippen molar-refractivity contribution in [1.29, 1.82) is 0 Å². The van der Waals surface area contributed by atoms with Crippen LogP contribution in [0, 0.1) is 0 Å². The third kappa shape index (κ3) is 5.72. The minimum atomic E-state index is -4.51. The summed E-state index contributed by atoms with van der Waals surface area (Å²) in [7, 11) is 3.98. The number of amides is 1. The number of halogens is 3. The highest BCUT2D eigenvalue weighted by atomic mass is 19.4. The molecule has 6 nitrogen and oxygen atoms in total. The maximum atomic E-state index is 13.5. The molecule has 0 spiro atoms. The van der Waals surface area contributed by atoms with Crippen molar-refractivity contribution in [2.45, 2.75) is 43.9 Å². The first-order chi connectivity index (χ1) is 18.2. The first-order valence-corrected chi connectivity index (χ1v) is 13.2. The van der Waals surface area contributed by atoms with E-state index in [1.54, 1.807) is 12.1 Å². The lowest BCUT2D eigenvalue weighted by atomic mass is 9.89. The van der Waals surface area contributed by atoms with Crippen LogP contribution < -0.4 is 15.1 Å². The summed E-state index contributed by atoms with van der Waals surface area (Å²) in [6.07, 6.45) is -1.40. The number of hydrogen-bond acceptors (Lipinski definition) is 5. The smallest absolute Gasteiger partial charge is 0.371 e. The van der Waals surface area contributed by atoms with E-state index in [1.807, 2.05) is 48.3 Å². The maximum Gasteiger partial charge on any atom is 0.433 e. The standard InChI is InChI=1S/C29H34F3N5O/c1-35-15-17-37(18-16-35)23-11-7-20(8-12-23)28(38)33-21-9-13-22(14-10-21)36(2)26-19-27(29(30,31)32)34-25-6-4-3-5-24(25)26/h3-8,11-12,19,21-22H,9-10,13-18H2,1-2H3,(H,33,38)/t21-,22+. The number of hydrogen-bond donors (Lipinski definition) is 1. The normalized spacial score (nSPS) is 20.9. The molecular weight excluding hydrogens is 491 g/mol. The highest BCUT2D eigenvalue weighted by Crippen LogP contribution is 2.36. The van der Waals surface area contributed by atoms with Gasteiger partial charge in [-0.3, -0.25) is 4.79 Å². The quantitative estimate of drug-likeness (QED) is 0.498. The number of carbonyl (C=O) groups excluding carboxylic acids is 1. The summed E-state index contributed by atoms with van der Waals surface area (Å²) >= 11 is 0. The van der Waals surface area contributed by atoms with E-state index in [1.165, 1.54) is 0 Å². The van der Waals surface area contributed by atoms with Crippen molar-refractivity contribution in [2.75, 3.05) is 50.1 Å². The van der Waals surface area contributed by atoms with Crippen molar-refractivity contribution in [3.05, 3.63) is 65.9 Å². The van der Waals surface area contributed by atoms with E-state index in [4.69, 9.17) is 0 Å². The van der Waals surface area contributed by atoms with Gasteiger partial charge in [-0.15, -0.1) is 0 Å². The number of benzene rings is 2. The Bertz CT molecular complexity index is 1260. The zero-order valence-electron chi connectivity index (χ0n) is 21.8. The van der Waals surface area contributed by atoms with Crippen molar-refractivity contribution in [1.82, 2.24) is 15.2 Å². The lowest BCUT2D eigenvalue weighted by molar-refractivity contribution is -0.140. The first-order valence-electron chi connectivity index (χ1n) is 13.2. The average Bonchev–Trinajstić information content (AvgIpc) is 2.92. The summed E-state index contributed by atoms with van der Waals surface area (Å²) in [6, 6.07) is 16.0. The number of likely N-dealkylation sites (N-methyl/N-ethyl adjacent to an activating group) is 1. The Morgan fingerprint density at radius 3 is 2.29 bits per heavy atom. The molecule has 1 saturated heterocycles. The van der Waals surface area contributed by atoms with Gasteiger partial charge in [-0.25, -0.2) is 4.98 Å². The summed E-state index contributed by atoms with van der Waals surface area (Å²) < 4.78 is 40.6. The molecule has 0 atom stereocenters. The summed E-state index contributed by atoms with van der Waals surface area (Å²) in [5.74, 6) is -0.0818. The van der Waals surface area contributed by atoms with Crippen LogP contribution in [0.15, 0.2) is 54.6 Å². The van der Waals surface area contributed by atoms with Gasteiger partial charge in [0.1, 0.15) is 5.69 Å². The van der Waals surface area contributed by atoms with E-state index in [-0.39, 0.29) is 18.0 Å². The molecule has 38 heavy (non-hydrogen) atoms. The fourth-order valence-corrected chi connectivity index (χ4v) is 5.56. The Kier molecular flexibility index (Phi) is 7.47. The predicted molar refractivity (Wildman–Crippen MR) is 145 cm³/mol.